The van der Waals surface area contributed by atoms with Crippen LogP contribution in [-0.4, -0.2) is 32.0 Å². The predicted octanol–water partition coefficient (Wildman–Crippen LogP) is 2.17. The average molecular weight is 342 g/mol. The van der Waals surface area contributed by atoms with Gasteiger partial charge in [-0.2, -0.15) is 0 Å². The number of nitrogens with zero attached hydrogens (tertiary/aromatic N) is 1. The topological polar surface area (TPSA) is 78.7 Å². The molecular weight excluding hydrogens is 316 g/mol. The average Bonchev–Trinajstić information content (AvgIpc) is 3.13. The van der Waals surface area contributed by atoms with E-state index in [1.807, 2.05) is 6.07 Å². The minimum atomic E-state index is -0.119. The molecule has 6 nitrogen and oxygen atoms in total. The van der Waals surface area contributed by atoms with E-state index >= 15 is 0 Å². The normalized spacial score (nSPS) is 12.5. The van der Waals surface area contributed by atoms with Crippen LogP contribution < -0.4 is 16.0 Å². The van der Waals surface area contributed by atoms with Crippen molar-refractivity contribution in [1.82, 2.24) is 16.0 Å². The molecule has 1 aromatic heterocycles. The number of hydrogen-bond acceptors (Lipinski definition) is 3. The largest absolute Gasteiger partial charge is 0.467 e. The number of aliphatic imine (C=N–C) groups is 1. The lowest BCUT2D eigenvalue weighted by Gasteiger charge is -2.16. The second kappa shape index (κ2) is 9.52. The zero-order valence-electron chi connectivity index (χ0n) is 15.0. The molecule has 1 heterocycles. The number of furan rings is 1. The lowest BCUT2D eigenvalue weighted by atomic mass is 9.99. The number of carbonyl (C=O) groups excluding carboxylic acids is 1. The zero-order chi connectivity index (χ0) is 18.1. The Morgan fingerprint density at radius 1 is 1.20 bits per heavy atom. The van der Waals surface area contributed by atoms with Gasteiger partial charge in [-0.15, -0.1) is 0 Å². The second-order valence-electron chi connectivity index (χ2n) is 5.98. The van der Waals surface area contributed by atoms with Gasteiger partial charge in [0.15, 0.2) is 5.96 Å². The summed E-state index contributed by atoms with van der Waals surface area (Å²) in [6, 6.07) is 12.1. The molecule has 3 N–H and O–H groups in total. The molecule has 25 heavy (non-hydrogen) atoms. The summed E-state index contributed by atoms with van der Waals surface area (Å²) >= 11 is 0. The summed E-state index contributed by atoms with van der Waals surface area (Å²) in [7, 11) is 1.69. The fourth-order valence-corrected chi connectivity index (χ4v) is 2.39. The fraction of sp³-hybridized carbons (Fsp3) is 0.368. The highest BCUT2D eigenvalue weighted by Crippen LogP contribution is 2.15. The monoisotopic (exact) mass is 342 g/mol. The van der Waals surface area contributed by atoms with E-state index in [1.54, 1.807) is 19.4 Å². The Labute approximate surface area is 148 Å². The Hall–Kier alpha value is -2.76. The van der Waals surface area contributed by atoms with E-state index in [0.29, 0.717) is 18.4 Å². The summed E-state index contributed by atoms with van der Waals surface area (Å²) in [4.78, 5) is 16.0. The minimum Gasteiger partial charge on any atom is -0.467 e. The predicted molar refractivity (Wildman–Crippen MR) is 99.5 cm³/mol. The summed E-state index contributed by atoms with van der Waals surface area (Å²) in [6.07, 6.45) is 1.58. The van der Waals surface area contributed by atoms with Gasteiger partial charge in [-0.1, -0.05) is 36.8 Å². The van der Waals surface area contributed by atoms with Crippen molar-refractivity contribution in [3.05, 3.63) is 59.5 Å². The van der Waals surface area contributed by atoms with Gasteiger partial charge in [-0.25, -0.2) is 0 Å². The summed E-state index contributed by atoms with van der Waals surface area (Å²) in [5, 5.41) is 9.05. The van der Waals surface area contributed by atoms with Gasteiger partial charge in [0, 0.05) is 13.6 Å². The third-order valence-corrected chi connectivity index (χ3v) is 3.87. The van der Waals surface area contributed by atoms with Crippen molar-refractivity contribution < 1.29 is 9.21 Å². The number of hydrogen-bond donors (Lipinski definition) is 3. The smallest absolute Gasteiger partial charge is 0.239 e. The van der Waals surface area contributed by atoms with Gasteiger partial charge in [-0.3, -0.25) is 9.79 Å². The zero-order valence-corrected chi connectivity index (χ0v) is 15.0. The van der Waals surface area contributed by atoms with Gasteiger partial charge in [0.05, 0.1) is 19.4 Å². The van der Waals surface area contributed by atoms with Crippen molar-refractivity contribution in [1.29, 1.82) is 0 Å². The molecule has 1 amide bonds. The van der Waals surface area contributed by atoms with Crippen LogP contribution in [0.25, 0.3) is 0 Å². The van der Waals surface area contributed by atoms with Crippen molar-refractivity contribution in [2.75, 3.05) is 20.1 Å². The van der Waals surface area contributed by atoms with Crippen LogP contribution in [0.2, 0.25) is 0 Å². The Morgan fingerprint density at radius 2 is 2.04 bits per heavy atom. The summed E-state index contributed by atoms with van der Waals surface area (Å²) in [5.41, 5.74) is 2.53. The number of rotatable bonds is 7. The van der Waals surface area contributed by atoms with E-state index in [1.165, 1.54) is 11.1 Å². The molecule has 1 aromatic carbocycles. The maximum atomic E-state index is 11.9. The number of guanidine groups is 1. The third-order valence-electron chi connectivity index (χ3n) is 3.87. The lowest BCUT2D eigenvalue weighted by Crippen LogP contribution is -2.43. The lowest BCUT2D eigenvalue weighted by molar-refractivity contribution is -0.120. The van der Waals surface area contributed by atoms with Crippen LogP contribution in [-0.2, 0) is 11.3 Å². The van der Waals surface area contributed by atoms with Crippen molar-refractivity contribution in [3.63, 3.8) is 0 Å². The number of benzene rings is 1. The first-order valence-electron chi connectivity index (χ1n) is 8.38. The molecule has 0 aliphatic carbocycles. The van der Waals surface area contributed by atoms with Crippen LogP contribution >= 0.6 is 0 Å². The van der Waals surface area contributed by atoms with Crippen LogP contribution in [0.3, 0.4) is 0 Å². The van der Waals surface area contributed by atoms with Crippen LogP contribution in [0.4, 0.5) is 0 Å². The molecule has 134 valence electrons. The summed E-state index contributed by atoms with van der Waals surface area (Å²) in [5.74, 6) is 1.55. The molecule has 6 heteroatoms. The van der Waals surface area contributed by atoms with Gasteiger partial charge < -0.3 is 20.4 Å². The molecule has 2 rings (SSSR count). The van der Waals surface area contributed by atoms with E-state index in [9.17, 15) is 4.79 Å². The van der Waals surface area contributed by atoms with Crippen molar-refractivity contribution in [2.24, 2.45) is 4.99 Å². The van der Waals surface area contributed by atoms with E-state index in [0.717, 1.165) is 12.3 Å². The first kappa shape index (κ1) is 18.6. The van der Waals surface area contributed by atoms with Crippen molar-refractivity contribution in [2.45, 2.75) is 26.3 Å². The molecule has 0 aliphatic heterocycles. The Morgan fingerprint density at radius 3 is 2.72 bits per heavy atom. The number of aryl methyl sites for hydroxylation is 1. The fourth-order valence-electron chi connectivity index (χ4n) is 2.39. The van der Waals surface area contributed by atoms with Gasteiger partial charge in [0.2, 0.25) is 5.91 Å². The SMILES string of the molecule is CN=C(NCC(=O)NCc1ccco1)NCC(C)c1cccc(C)c1. The van der Waals surface area contributed by atoms with Crippen molar-refractivity contribution >= 4 is 11.9 Å². The van der Waals surface area contributed by atoms with E-state index < -0.39 is 0 Å². The highest BCUT2D eigenvalue weighted by Gasteiger charge is 2.08. The first-order valence-corrected chi connectivity index (χ1v) is 8.38. The summed E-state index contributed by atoms with van der Waals surface area (Å²) in [6.45, 7) is 5.51. The van der Waals surface area contributed by atoms with Gasteiger partial charge in [-0.05, 0) is 30.5 Å². The van der Waals surface area contributed by atoms with Gasteiger partial charge in [0.25, 0.3) is 0 Å². The molecule has 0 spiro atoms. The molecule has 1 unspecified atom stereocenters. The highest BCUT2D eigenvalue weighted by atomic mass is 16.3. The van der Waals surface area contributed by atoms with Crippen LogP contribution in [0.5, 0.6) is 0 Å². The van der Waals surface area contributed by atoms with E-state index in [2.05, 4.69) is 59.1 Å². The maximum absolute atomic E-state index is 11.9. The van der Waals surface area contributed by atoms with Crippen LogP contribution in [0.15, 0.2) is 52.1 Å². The van der Waals surface area contributed by atoms with Crippen LogP contribution in [0, 0.1) is 6.92 Å². The standard InChI is InChI=1S/C19H26N4O2/c1-14-6-4-7-16(10-14)15(2)11-22-19(20-3)23-13-18(24)21-12-17-8-5-9-25-17/h4-10,15H,11-13H2,1-3H3,(H,21,24)(H2,20,22,23). The first-order chi connectivity index (χ1) is 12.1. The molecule has 0 fully saturated rings. The molecule has 0 saturated heterocycles. The molecule has 0 bridgehead atoms. The molecule has 2 aromatic rings. The van der Waals surface area contributed by atoms with E-state index in [-0.39, 0.29) is 12.5 Å². The molecule has 0 saturated carbocycles. The number of carbonyl (C=O) groups is 1. The molecule has 0 aliphatic rings. The second-order valence-corrected chi connectivity index (χ2v) is 5.98. The van der Waals surface area contributed by atoms with Crippen LogP contribution in [0.1, 0.15) is 29.7 Å². The summed E-state index contributed by atoms with van der Waals surface area (Å²) < 4.78 is 5.17. The quantitative estimate of drug-likeness (QED) is 0.532. The third kappa shape index (κ3) is 6.33. The van der Waals surface area contributed by atoms with Crippen molar-refractivity contribution in [3.8, 4) is 0 Å². The molecule has 1 atom stereocenters. The minimum absolute atomic E-state index is 0.119. The Kier molecular flexibility index (Phi) is 7.07. The number of nitrogens with one attached hydrogen (secondary N) is 3. The van der Waals surface area contributed by atoms with Gasteiger partial charge in [0.1, 0.15) is 5.76 Å². The number of amides is 1. The Balaban J connectivity index is 1.72. The van der Waals surface area contributed by atoms with Gasteiger partial charge >= 0.3 is 0 Å². The molecule has 0 radical (unpaired) electrons. The highest BCUT2D eigenvalue weighted by molar-refractivity contribution is 5.86. The van der Waals surface area contributed by atoms with E-state index in [4.69, 9.17) is 4.42 Å². The maximum Gasteiger partial charge on any atom is 0.239 e. The Bertz CT molecular complexity index is 695. The molecular formula is C19H26N4O2.